The third kappa shape index (κ3) is 2.60. The fourth-order valence-electron chi connectivity index (χ4n) is 2.24. The van der Waals surface area contributed by atoms with Gasteiger partial charge < -0.3 is 0 Å². The molecule has 1 aliphatic rings. The highest BCUT2D eigenvalue weighted by Gasteiger charge is 2.31. The Morgan fingerprint density at radius 1 is 1.29 bits per heavy atom. The molecule has 0 bridgehead atoms. The van der Waals surface area contributed by atoms with Crippen LogP contribution >= 0.6 is 11.8 Å². The topological polar surface area (TPSA) is 81.9 Å². The maximum atomic E-state index is 12.4. The second kappa shape index (κ2) is 5.27. The van der Waals surface area contributed by atoms with Gasteiger partial charge in [0.2, 0.25) is 0 Å². The molecule has 1 aliphatic heterocycles. The van der Waals surface area contributed by atoms with E-state index in [2.05, 4.69) is 10.2 Å². The van der Waals surface area contributed by atoms with Gasteiger partial charge in [0, 0.05) is 5.75 Å². The van der Waals surface area contributed by atoms with Gasteiger partial charge >= 0.3 is 0 Å². The van der Waals surface area contributed by atoms with E-state index in [0.29, 0.717) is 10.9 Å². The number of sulfone groups is 1. The molecule has 2 aromatic rings. The Labute approximate surface area is 126 Å². The van der Waals surface area contributed by atoms with Gasteiger partial charge in [-0.25, -0.2) is 8.42 Å². The molecule has 0 radical (unpaired) electrons. The lowest BCUT2D eigenvalue weighted by Gasteiger charge is -2.13. The summed E-state index contributed by atoms with van der Waals surface area (Å²) in [6.45, 7) is 1.58. The van der Waals surface area contributed by atoms with Gasteiger partial charge in [0.15, 0.2) is 15.0 Å². The minimum Gasteiger partial charge on any atom is -0.280 e. The van der Waals surface area contributed by atoms with Crippen LogP contribution in [0.25, 0.3) is 0 Å². The molecule has 6 nitrogen and oxygen atoms in total. The second-order valence-corrected chi connectivity index (χ2v) is 7.82. The largest absolute Gasteiger partial charge is 0.280 e. The highest BCUT2D eigenvalue weighted by atomic mass is 32.2. The van der Waals surface area contributed by atoms with Crippen LogP contribution in [0.1, 0.15) is 11.7 Å². The summed E-state index contributed by atoms with van der Waals surface area (Å²) in [5.41, 5.74) is 0.0154. The Bertz CT molecular complexity index is 831. The molecule has 0 amide bonds. The van der Waals surface area contributed by atoms with E-state index in [1.54, 1.807) is 37.3 Å². The van der Waals surface area contributed by atoms with Crippen LogP contribution in [0.3, 0.4) is 0 Å². The number of hydrogen-bond acceptors (Lipinski definition) is 6. The van der Waals surface area contributed by atoms with Crippen molar-refractivity contribution in [1.82, 2.24) is 14.8 Å². The van der Waals surface area contributed by atoms with Crippen molar-refractivity contribution in [3.63, 3.8) is 0 Å². The maximum Gasteiger partial charge on any atom is 0.276 e. The van der Waals surface area contributed by atoms with E-state index in [1.807, 2.05) is 0 Å². The standard InChI is InChI=1S/C13H13N3O3S2/c1-9-12(17)16-10(7-20-13(16)15-14-9)8-21(18,19)11-5-3-2-4-6-11/h2-6,10H,7-8H2,1H3/t10-/m1/s1. The number of aryl methyl sites for hydroxylation is 1. The van der Waals surface area contributed by atoms with Crippen molar-refractivity contribution >= 4 is 21.6 Å². The number of hydrogen-bond donors (Lipinski definition) is 0. The molecule has 0 saturated carbocycles. The normalized spacial score (nSPS) is 17.7. The lowest BCUT2D eigenvalue weighted by Crippen LogP contribution is -2.31. The summed E-state index contributed by atoms with van der Waals surface area (Å²) in [5, 5.41) is 8.22. The van der Waals surface area contributed by atoms with Crippen molar-refractivity contribution in [3.8, 4) is 0 Å². The average molecular weight is 323 g/mol. The molecule has 8 heteroatoms. The van der Waals surface area contributed by atoms with E-state index in [0.717, 1.165) is 0 Å². The number of benzene rings is 1. The zero-order valence-electron chi connectivity index (χ0n) is 11.3. The van der Waals surface area contributed by atoms with Crippen molar-refractivity contribution < 1.29 is 8.42 Å². The van der Waals surface area contributed by atoms with Gasteiger partial charge in [-0.05, 0) is 19.1 Å². The van der Waals surface area contributed by atoms with Crippen molar-refractivity contribution in [1.29, 1.82) is 0 Å². The Hall–Kier alpha value is -1.67. The lowest BCUT2D eigenvalue weighted by atomic mass is 10.3. The van der Waals surface area contributed by atoms with Gasteiger partial charge in [-0.3, -0.25) is 9.36 Å². The summed E-state index contributed by atoms with van der Waals surface area (Å²) >= 11 is 1.36. The Balaban J connectivity index is 1.96. The molecule has 0 spiro atoms. The van der Waals surface area contributed by atoms with Crippen molar-refractivity contribution in [3.05, 3.63) is 46.4 Å². The Morgan fingerprint density at radius 2 is 2.00 bits per heavy atom. The van der Waals surface area contributed by atoms with E-state index in [4.69, 9.17) is 0 Å². The molecule has 1 aromatic carbocycles. The summed E-state index contributed by atoms with van der Waals surface area (Å²) in [6, 6.07) is 7.87. The van der Waals surface area contributed by atoms with Crippen LogP contribution in [0.5, 0.6) is 0 Å². The number of aromatic nitrogens is 3. The van der Waals surface area contributed by atoms with Crippen LogP contribution in [0, 0.1) is 6.92 Å². The van der Waals surface area contributed by atoms with Crippen molar-refractivity contribution in [2.75, 3.05) is 11.5 Å². The minimum atomic E-state index is -3.44. The van der Waals surface area contributed by atoms with E-state index in [-0.39, 0.29) is 21.9 Å². The predicted molar refractivity (Wildman–Crippen MR) is 79.3 cm³/mol. The van der Waals surface area contributed by atoms with Gasteiger partial charge in [-0.15, -0.1) is 10.2 Å². The molecular weight excluding hydrogens is 310 g/mol. The molecule has 0 unspecified atom stereocenters. The number of rotatable bonds is 3. The molecule has 3 rings (SSSR count). The Morgan fingerprint density at radius 3 is 2.71 bits per heavy atom. The molecule has 0 saturated heterocycles. The predicted octanol–water partition coefficient (Wildman–Crippen LogP) is 1.07. The molecule has 0 N–H and O–H groups in total. The van der Waals surface area contributed by atoms with Gasteiger partial charge in [0.25, 0.3) is 5.56 Å². The van der Waals surface area contributed by atoms with Crippen LogP contribution in [-0.2, 0) is 9.84 Å². The molecule has 21 heavy (non-hydrogen) atoms. The zero-order chi connectivity index (χ0) is 15.0. The molecule has 0 fully saturated rings. The second-order valence-electron chi connectivity index (χ2n) is 4.80. The molecule has 0 aliphatic carbocycles. The quantitative estimate of drug-likeness (QED) is 0.840. The van der Waals surface area contributed by atoms with Crippen molar-refractivity contribution in [2.45, 2.75) is 23.0 Å². The average Bonchev–Trinajstić information content (AvgIpc) is 2.87. The minimum absolute atomic E-state index is 0.109. The third-order valence-electron chi connectivity index (χ3n) is 3.30. The smallest absolute Gasteiger partial charge is 0.276 e. The molecule has 110 valence electrons. The number of thioether (sulfide) groups is 1. The zero-order valence-corrected chi connectivity index (χ0v) is 12.9. The van der Waals surface area contributed by atoms with Gasteiger partial charge in [-0.1, -0.05) is 30.0 Å². The molecule has 1 aromatic heterocycles. The number of nitrogens with zero attached hydrogens (tertiary/aromatic N) is 3. The first kappa shape index (κ1) is 14.3. The fourth-order valence-corrected chi connectivity index (χ4v) is 5.00. The first-order chi connectivity index (χ1) is 9.99. The summed E-state index contributed by atoms with van der Waals surface area (Å²) in [6.07, 6.45) is 0. The highest BCUT2D eigenvalue weighted by molar-refractivity contribution is 7.99. The monoisotopic (exact) mass is 323 g/mol. The number of fused-ring (bicyclic) bond motifs is 1. The molecule has 1 atom stereocenters. The van der Waals surface area contributed by atoms with Gasteiger partial charge in [0.05, 0.1) is 16.7 Å². The highest BCUT2D eigenvalue weighted by Crippen LogP contribution is 2.31. The van der Waals surface area contributed by atoms with Crippen LogP contribution in [0.15, 0.2) is 45.2 Å². The fraction of sp³-hybridized carbons (Fsp3) is 0.308. The van der Waals surface area contributed by atoms with Crippen LogP contribution in [-0.4, -0.2) is 34.7 Å². The first-order valence-electron chi connectivity index (χ1n) is 6.35. The summed E-state index contributed by atoms with van der Waals surface area (Å²) < 4.78 is 26.3. The van der Waals surface area contributed by atoms with Crippen LogP contribution < -0.4 is 5.56 Å². The summed E-state index contributed by atoms with van der Waals surface area (Å²) in [4.78, 5) is 12.4. The Kier molecular flexibility index (Phi) is 3.58. The maximum absolute atomic E-state index is 12.4. The van der Waals surface area contributed by atoms with Gasteiger partial charge in [0.1, 0.15) is 5.69 Å². The van der Waals surface area contributed by atoms with E-state index >= 15 is 0 Å². The summed E-state index contributed by atoms with van der Waals surface area (Å²) in [5.74, 6) is 0.404. The van der Waals surface area contributed by atoms with E-state index in [1.165, 1.54) is 16.3 Å². The van der Waals surface area contributed by atoms with Crippen LogP contribution in [0.4, 0.5) is 0 Å². The third-order valence-corrected chi connectivity index (χ3v) is 6.21. The van der Waals surface area contributed by atoms with E-state index < -0.39 is 15.9 Å². The SMILES string of the molecule is Cc1nnc2n(c1=O)[C@@H](CS(=O)(=O)c1ccccc1)CS2. The van der Waals surface area contributed by atoms with Gasteiger partial charge in [-0.2, -0.15) is 0 Å². The first-order valence-corrected chi connectivity index (χ1v) is 8.99. The molecule has 2 heterocycles. The van der Waals surface area contributed by atoms with Crippen molar-refractivity contribution in [2.24, 2.45) is 0 Å². The van der Waals surface area contributed by atoms with E-state index in [9.17, 15) is 13.2 Å². The molecular formula is C13H13N3O3S2. The van der Waals surface area contributed by atoms with Crippen LogP contribution in [0.2, 0.25) is 0 Å². The summed E-state index contributed by atoms with van der Waals surface area (Å²) in [7, 11) is -3.44. The lowest BCUT2D eigenvalue weighted by molar-refractivity contribution is 0.510.